The summed E-state index contributed by atoms with van der Waals surface area (Å²) in [6, 6.07) is 16.7. The van der Waals surface area contributed by atoms with Crippen LogP contribution in [0.3, 0.4) is 0 Å². The van der Waals surface area contributed by atoms with Gasteiger partial charge in [-0.05, 0) is 58.7 Å². The maximum absolute atomic E-state index is 13.0. The monoisotopic (exact) mass is 387 g/mol. The van der Waals surface area contributed by atoms with Gasteiger partial charge in [0.05, 0.1) is 18.1 Å². The van der Waals surface area contributed by atoms with Crippen LogP contribution in [0.25, 0.3) is 11.1 Å². The molecule has 3 aromatic rings. The lowest BCUT2D eigenvalue weighted by Crippen LogP contribution is -2.13. The summed E-state index contributed by atoms with van der Waals surface area (Å²) in [5.41, 5.74) is 2.82. The number of benzene rings is 3. The van der Waals surface area contributed by atoms with Crippen molar-refractivity contribution in [1.82, 2.24) is 0 Å². The maximum Gasteiger partial charge on any atom is 0.261 e. The second kappa shape index (κ2) is 7.87. The van der Waals surface area contributed by atoms with Crippen molar-refractivity contribution >= 4 is 15.7 Å². The second-order valence-corrected chi connectivity index (χ2v) is 7.62. The Morgan fingerprint density at radius 1 is 0.778 bits per heavy atom. The van der Waals surface area contributed by atoms with E-state index >= 15 is 0 Å². The Bertz CT molecular complexity index is 1030. The molecule has 27 heavy (non-hydrogen) atoms. The van der Waals surface area contributed by atoms with E-state index in [-0.39, 0.29) is 23.9 Å². The predicted molar refractivity (Wildman–Crippen MR) is 101 cm³/mol. The zero-order valence-electron chi connectivity index (χ0n) is 14.3. The number of halogens is 1. The van der Waals surface area contributed by atoms with Gasteiger partial charge in [0.2, 0.25) is 0 Å². The third kappa shape index (κ3) is 4.33. The van der Waals surface area contributed by atoms with E-state index in [9.17, 15) is 23.0 Å². The van der Waals surface area contributed by atoms with Gasteiger partial charge in [0.15, 0.2) is 0 Å². The fraction of sp³-hybridized carbons (Fsp3) is 0.100. The van der Waals surface area contributed by atoms with Gasteiger partial charge in [0.1, 0.15) is 5.82 Å². The molecule has 0 fully saturated rings. The molecule has 0 atom stereocenters. The van der Waals surface area contributed by atoms with Crippen molar-refractivity contribution in [2.75, 3.05) is 4.72 Å². The predicted octanol–water partition coefficient (Wildman–Crippen LogP) is 3.28. The molecule has 0 bridgehead atoms. The Hall–Kier alpha value is -2.74. The highest BCUT2D eigenvalue weighted by Crippen LogP contribution is 2.24. The molecule has 0 heterocycles. The van der Waals surface area contributed by atoms with E-state index in [0.29, 0.717) is 16.8 Å². The Labute approximate surface area is 156 Å². The van der Waals surface area contributed by atoms with E-state index in [1.54, 1.807) is 30.3 Å². The van der Waals surface area contributed by atoms with Crippen LogP contribution in [0.15, 0.2) is 71.6 Å². The van der Waals surface area contributed by atoms with Crippen LogP contribution in [0.5, 0.6) is 0 Å². The zero-order valence-corrected chi connectivity index (χ0v) is 15.1. The average molecular weight is 387 g/mol. The van der Waals surface area contributed by atoms with Gasteiger partial charge in [-0.1, -0.05) is 30.3 Å². The van der Waals surface area contributed by atoms with Gasteiger partial charge >= 0.3 is 0 Å². The summed E-state index contributed by atoms with van der Waals surface area (Å²) in [5, 5.41) is 18.5. The van der Waals surface area contributed by atoms with Gasteiger partial charge in [-0.3, -0.25) is 4.72 Å². The number of hydrogen-bond donors (Lipinski definition) is 3. The number of nitrogens with one attached hydrogen (secondary N) is 1. The molecule has 7 heteroatoms. The van der Waals surface area contributed by atoms with Crippen LogP contribution in [0, 0.1) is 5.82 Å². The second-order valence-electron chi connectivity index (χ2n) is 5.94. The highest BCUT2D eigenvalue weighted by molar-refractivity contribution is 7.92. The first-order chi connectivity index (χ1) is 12.9. The molecule has 3 rings (SSSR count). The third-order valence-electron chi connectivity index (χ3n) is 4.14. The lowest BCUT2D eigenvalue weighted by molar-refractivity contribution is 0.260. The van der Waals surface area contributed by atoms with Gasteiger partial charge in [-0.25, -0.2) is 12.8 Å². The summed E-state index contributed by atoms with van der Waals surface area (Å²) in [6.07, 6.45) is 0. The van der Waals surface area contributed by atoms with E-state index in [1.807, 2.05) is 0 Å². The molecule has 0 spiro atoms. The van der Waals surface area contributed by atoms with Crippen molar-refractivity contribution in [3.63, 3.8) is 0 Å². The van der Waals surface area contributed by atoms with Crippen molar-refractivity contribution in [2.24, 2.45) is 0 Å². The largest absolute Gasteiger partial charge is 0.392 e. The molecule has 0 aromatic heterocycles. The molecule has 0 aliphatic heterocycles. The Kier molecular flexibility index (Phi) is 5.55. The van der Waals surface area contributed by atoms with Crippen molar-refractivity contribution in [3.05, 3.63) is 83.7 Å². The van der Waals surface area contributed by atoms with Gasteiger partial charge in [0.25, 0.3) is 10.0 Å². The van der Waals surface area contributed by atoms with Crippen molar-refractivity contribution in [3.8, 4) is 11.1 Å². The quantitative estimate of drug-likeness (QED) is 0.606. The van der Waals surface area contributed by atoms with E-state index < -0.39 is 10.0 Å². The van der Waals surface area contributed by atoms with Gasteiger partial charge < -0.3 is 10.2 Å². The number of anilines is 1. The summed E-state index contributed by atoms with van der Waals surface area (Å²) in [4.78, 5) is 0.0742. The van der Waals surface area contributed by atoms with Gasteiger partial charge in [-0.15, -0.1) is 0 Å². The van der Waals surface area contributed by atoms with Crippen LogP contribution in [0.2, 0.25) is 0 Å². The first-order valence-electron chi connectivity index (χ1n) is 8.15. The summed E-state index contributed by atoms with van der Waals surface area (Å²) < 4.78 is 40.6. The number of sulfonamides is 1. The third-order valence-corrected chi connectivity index (χ3v) is 5.54. The minimum Gasteiger partial charge on any atom is -0.392 e. The van der Waals surface area contributed by atoms with Crippen LogP contribution < -0.4 is 4.72 Å². The van der Waals surface area contributed by atoms with Crippen molar-refractivity contribution in [2.45, 2.75) is 18.1 Å². The highest BCUT2D eigenvalue weighted by atomic mass is 32.2. The lowest BCUT2D eigenvalue weighted by Gasteiger charge is -2.12. The Morgan fingerprint density at radius 2 is 1.33 bits per heavy atom. The van der Waals surface area contributed by atoms with Crippen LogP contribution in [0.4, 0.5) is 10.1 Å². The molecule has 0 aliphatic rings. The fourth-order valence-corrected chi connectivity index (χ4v) is 3.72. The molecule has 0 saturated carbocycles. The molecule has 0 amide bonds. The minimum atomic E-state index is -3.82. The first kappa shape index (κ1) is 19.0. The topological polar surface area (TPSA) is 86.6 Å². The molecule has 140 valence electrons. The van der Waals surface area contributed by atoms with E-state index in [2.05, 4.69) is 4.72 Å². The molecule has 0 saturated heterocycles. The summed E-state index contributed by atoms with van der Waals surface area (Å²) >= 11 is 0. The number of aliphatic hydroxyl groups is 2. The molecular formula is C20H18FNO4S. The highest BCUT2D eigenvalue weighted by Gasteiger charge is 2.15. The van der Waals surface area contributed by atoms with Crippen LogP contribution in [0.1, 0.15) is 11.1 Å². The van der Waals surface area contributed by atoms with E-state index in [0.717, 1.165) is 11.1 Å². The maximum atomic E-state index is 13.0. The molecule has 3 aromatic carbocycles. The molecule has 3 N–H and O–H groups in total. The van der Waals surface area contributed by atoms with Crippen LogP contribution >= 0.6 is 0 Å². The standard InChI is InChI=1S/C20H18FNO4S/c21-18-6-1-14(2-7-18)15-4-9-20(10-5-15)27(25,26)22-19-8-3-16(12-23)17(11-19)13-24/h1-11,22-24H,12-13H2. The molecule has 0 aliphatic carbocycles. The summed E-state index contributed by atoms with van der Waals surface area (Å²) in [6.45, 7) is -0.550. The van der Waals surface area contributed by atoms with E-state index in [1.165, 1.54) is 36.4 Å². The van der Waals surface area contributed by atoms with Gasteiger partial charge in [0, 0.05) is 5.69 Å². The van der Waals surface area contributed by atoms with Crippen LogP contribution in [-0.2, 0) is 23.2 Å². The normalized spacial score (nSPS) is 11.4. The zero-order chi connectivity index (χ0) is 19.4. The smallest absolute Gasteiger partial charge is 0.261 e. The molecule has 5 nitrogen and oxygen atoms in total. The lowest BCUT2D eigenvalue weighted by atomic mass is 10.1. The van der Waals surface area contributed by atoms with Crippen molar-refractivity contribution < 1.29 is 23.0 Å². The number of rotatable bonds is 6. The molecule has 0 unspecified atom stereocenters. The summed E-state index contributed by atoms with van der Waals surface area (Å²) in [5.74, 6) is -0.336. The molecule has 0 radical (unpaired) electrons. The van der Waals surface area contributed by atoms with Crippen LogP contribution in [-0.4, -0.2) is 18.6 Å². The number of aliphatic hydroxyl groups excluding tert-OH is 2. The minimum absolute atomic E-state index is 0.0742. The fourth-order valence-electron chi connectivity index (χ4n) is 2.67. The van der Waals surface area contributed by atoms with E-state index in [4.69, 9.17) is 0 Å². The van der Waals surface area contributed by atoms with Crippen molar-refractivity contribution in [1.29, 1.82) is 0 Å². The SMILES string of the molecule is O=S(=O)(Nc1ccc(CO)c(CO)c1)c1ccc(-c2ccc(F)cc2)cc1. The molecular weight excluding hydrogens is 369 g/mol. The first-order valence-corrected chi connectivity index (χ1v) is 9.63. The Morgan fingerprint density at radius 3 is 1.89 bits per heavy atom. The Balaban J connectivity index is 1.83. The average Bonchev–Trinajstić information content (AvgIpc) is 2.68. The summed E-state index contributed by atoms with van der Waals surface area (Å²) in [7, 11) is -3.82. The number of hydrogen-bond acceptors (Lipinski definition) is 4. The van der Waals surface area contributed by atoms with Gasteiger partial charge in [-0.2, -0.15) is 0 Å².